The van der Waals surface area contributed by atoms with Crippen LogP contribution in [0.1, 0.15) is 296 Å². The highest BCUT2D eigenvalue weighted by Crippen LogP contribution is 2.44. The summed E-state index contributed by atoms with van der Waals surface area (Å²) in [7, 11) is 8.98. The van der Waals surface area contributed by atoms with Crippen molar-refractivity contribution < 1.29 is 18.3 Å². The third-order valence-corrected chi connectivity index (χ3v) is 28.6. The van der Waals surface area contributed by atoms with Crippen molar-refractivity contribution in [3.8, 4) is 45.0 Å². The second-order valence-corrected chi connectivity index (χ2v) is 36.6. The van der Waals surface area contributed by atoms with Gasteiger partial charge in [0, 0.05) is 91.8 Å². The van der Waals surface area contributed by atoms with Gasteiger partial charge in [-0.3, -0.25) is 0 Å². The maximum atomic E-state index is 2.50. The first kappa shape index (κ1) is 77.3. The van der Waals surface area contributed by atoms with E-state index in [-0.39, 0.29) is 0 Å². The third kappa shape index (κ3) is 16.8. The van der Waals surface area contributed by atoms with Gasteiger partial charge >= 0.3 is 0 Å². The molecular formula is C108H130N4+4. The quantitative estimate of drug-likeness (QED) is 0.0965. The Hall–Kier alpha value is -8.60. The van der Waals surface area contributed by atoms with Crippen LogP contribution >= 0.6 is 0 Å². The molecule has 0 unspecified atom stereocenters. The molecule has 0 atom stereocenters. The molecule has 0 N–H and O–H groups in total. The number of hydrogen-bond acceptors (Lipinski definition) is 0. The Balaban J connectivity index is 0.000000113. The van der Waals surface area contributed by atoms with E-state index in [1.165, 1.54) is 336 Å². The van der Waals surface area contributed by atoms with Crippen LogP contribution in [0, 0.1) is 39.5 Å². The van der Waals surface area contributed by atoms with E-state index >= 15 is 0 Å². The SMILES string of the molecule is Cc1ccc(C2CCCC2)cc1-c1c(CC(C)C)cc2ccccc2[n+]1C.Cc1ccc(C2CCCC2)cc1-c1ccc2c(C3CCCC3)cccc2[n+]1C.Cc1ccc(C2CCCC2)cc1-c1ccc2ccc(C3CCCC3)cc2[n+]1C.Cc1ccc(C2CCCC2)cc1-c1ccc2ccc(CC3CCCC3)cc2[n+]1C. The summed E-state index contributed by atoms with van der Waals surface area (Å²) in [6.07, 6.45) is 41.0. The largest absolute Gasteiger partial charge is 0.216 e. The molecule has 7 fully saturated rings. The zero-order valence-electron chi connectivity index (χ0n) is 70.1. The minimum Gasteiger partial charge on any atom is -0.194 e. The number of pyridine rings is 4. The number of hydrogen-bond donors (Lipinski definition) is 0. The van der Waals surface area contributed by atoms with Crippen LogP contribution in [0.4, 0.5) is 0 Å². The van der Waals surface area contributed by atoms with Crippen LogP contribution in [0.2, 0.25) is 0 Å². The minimum absolute atomic E-state index is 0.642. The third-order valence-electron chi connectivity index (χ3n) is 28.6. The summed E-state index contributed by atoms with van der Waals surface area (Å²) in [6.45, 7) is 13.7. The molecule has 578 valence electrons. The van der Waals surface area contributed by atoms with Gasteiger partial charge in [0.25, 0.3) is 0 Å². The summed E-state index contributed by atoms with van der Waals surface area (Å²) in [5.41, 5.74) is 34.2. The highest BCUT2D eigenvalue weighted by Gasteiger charge is 2.30. The highest BCUT2D eigenvalue weighted by molar-refractivity contribution is 5.84. The Bertz CT molecular complexity index is 5240. The second kappa shape index (κ2) is 35.0. The van der Waals surface area contributed by atoms with Gasteiger partial charge in [-0.25, -0.2) is 0 Å². The normalized spacial score (nSPS) is 17.5. The van der Waals surface area contributed by atoms with E-state index < -0.39 is 0 Å². The van der Waals surface area contributed by atoms with Crippen LogP contribution in [-0.2, 0) is 41.0 Å². The van der Waals surface area contributed by atoms with Gasteiger partial charge in [0.15, 0.2) is 0 Å². The molecule has 0 saturated heterocycles. The number of aromatic nitrogens is 4. The van der Waals surface area contributed by atoms with E-state index in [2.05, 4.69) is 282 Å². The smallest absolute Gasteiger partial charge is 0.194 e. The molecule has 0 radical (unpaired) electrons. The van der Waals surface area contributed by atoms with E-state index in [9.17, 15) is 0 Å². The van der Waals surface area contributed by atoms with Crippen LogP contribution in [-0.4, -0.2) is 0 Å². The molecule has 0 aliphatic heterocycles. The predicted molar refractivity (Wildman–Crippen MR) is 473 cm³/mol. The van der Waals surface area contributed by atoms with E-state index in [4.69, 9.17) is 0 Å². The number of rotatable bonds is 14. The molecule has 112 heavy (non-hydrogen) atoms. The van der Waals surface area contributed by atoms with Crippen molar-refractivity contribution in [2.75, 3.05) is 0 Å². The average molecular weight is 1480 g/mol. The molecule has 0 bridgehead atoms. The monoisotopic (exact) mass is 1480 g/mol. The molecule has 8 aromatic carbocycles. The Morgan fingerprint density at radius 2 is 0.661 bits per heavy atom. The van der Waals surface area contributed by atoms with Crippen LogP contribution in [0.15, 0.2) is 194 Å². The van der Waals surface area contributed by atoms with Gasteiger partial charge in [-0.2, -0.15) is 18.3 Å². The molecular weight excluding hydrogens is 1350 g/mol. The maximum absolute atomic E-state index is 2.50. The van der Waals surface area contributed by atoms with Gasteiger partial charge in [0.2, 0.25) is 44.8 Å². The first-order chi connectivity index (χ1) is 54.7. The number of aryl methyl sites for hydroxylation is 8. The molecule has 4 aromatic heterocycles. The summed E-state index contributed by atoms with van der Waals surface area (Å²) in [6, 6.07) is 75.2. The lowest BCUT2D eigenvalue weighted by Crippen LogP contribution is -2.34. The Morgan fingerprint density at radius 1 is 0.295 bits per heavy atom. The molecule has 4 heterocycles. The number of fused-ring (bicyclic) bond motifs is 4. The van der Waals surface area contributed by atoms with Crippen molar-refractivity contribution >= 4 is 43.6 Å². The van der Waals surface area contributed by atoms with Crippen molar-refractivity contribution in [1.82, 2.24) is 0 Å². The lowest BCUT2D eigenvalue weighted by Gasteiger charge is -2.16. The zero-order valence-corrected chi connectivity index (χ0v) is 70.1. The zero-order chi connectivity index (χ0) is 76.9. The van der Waals surface area contributed by atoms with Crippen LogP contribution in [0.3, 0.4) is 0 Å². The van der Waals surface area contributed by atoms with Crippen LogP contribution < -0.4 is 18.3 Å². The number of para-hydroxylation sites is 1. The topological polar surface area (TPSA) is 15.5 Å². The summed E-state index contributed by atoms with van der Waals surface area (Å²) in [5, 5.41) is 5.47. The Labute approximate surface area is 673 Å². The first-order valence-electron chi connectivity index (χ1n) is 44.8. The average Bonchev–Trinajstić information content (AvgIpc) is 1.05. The number of nitrogens with zero attached hydrogens (tertiary/aromatic N) is 4. The molecule has 7 aliphatic carbocycles. The van der Waals surface area contributed by atoms with E-state index in [0.29, 0.717) is 5.92 Å². The van der Waals surface area contributed by atoms with Gasteiger partial charge in [0.1, 0.15) is 28.2 Å². The molecule has 4 heteroatoms. The van der Waals surface area contributed by atoms with Gasteiger partial charge in [-0.05, 0) is 293 Å². The molecule has 12 aromatic rings. The minimum atomic E-state index is 0.642. The fraction of sp³-hybridized carbons (Fsp3) is 0.444. The molecule has 7 saturated carbocycles. The second-order valence-electron chi connectivity index (χ2n) is 36.6. The summed E-state index contributed by atoms with van der Waals surface area (Å²) < 4.78 is 9.70. The molecule has 0 amide bonds. The van der Waals surface area contributed by atoms with E-state index in [0.717, 1.165) is 47.8 Å². The van der Waals surface area contributed by atoms with Crippen LogP contribution in [0.25, 0.3) is 88.6 Å². The Morgan fingerprint density at radius 3 is 1.13 bits per heavy atom. The lowest BCUT2D eigenvalue weighted by atomic mass is 9.89. The lowest BCUT2D eigenvalue weighted by molar-refractivity contribution is -0.634. The van der Waals surface area contributed by atoms with E-state index in [1.807, 2.05) is 0 Å². The van der Waals surface area contributed by atoms with Crippen molar-refractivity contribution in [3.63, 3.8) is 0 Å². The number of benzene rings is 8. The molecule has 4 nitrogen and oxygen atoms in total. The molecule has 0 spiro atoms. The van der Waals surface area contributed by atoms with Crippen molar-refractivity contribution in [2.45, 2.75) is 270 Å². The van der Waals surface area contributed by atoms with E-state index in [1.54, 1.807) is 5.56 Å². The predicted octanol–water partition coefficient (Wildman–Crippen LogP) is 27.4. The first-order valence-corrected chi connectivity index (χ1v) is 44.8. The fourth-order valence-corrected chi connectivity index (χ4v) is 22.0. The van der Waals surface area contributed by atoms with Crippen molar-refractivity contribution in [3.05, 3.63) is 261 Å². The van der Waals surface area contributed by atoms with Crippen molar-refractivity contribution in [2.24, 2.45) is 40.0 Å². The summed E-state index contributed by atoms with van der Waals surface area (Å²) in [4.78, 5) is 0. The maximum Gasteiger partial charge on any atom is 0.216 e. The van der Waals surface area contributed by atoms with Gasteiger partial charge in [0.05, 0.1) is 0 Å². The standard InChI is InChI=1S/C28H34N.2C27H32N.C26H32N/c1-20-11-13-25(23-9-5-6-10-23)19-26(20)27-16-15-24-14-12-22(18-28(24)29(27)2)17-21-7-3-4-8-21;1-19-14-15-22(20-8-3-4-9-20)18-25(19)27-17-16-24-23(21-10-5-6-11-21)12-7-13-26(24)28(27)2;1-19-11-12-23(20-7-3-4-8-20)17-25(19)26-16-15-22-13-14-24(18-27(22)28(26)2)21-9-5-6-10-21;1-18(2)15-23-16-22-11-7-8-12-25(22)27(4)26(23)24-17-21(14-13-19(24)3)20-9-5-6-10-20/h11-16,18-19,21,23H,3-10,17H2,1-2H3;7,12-18,20-21H,3-6,8-11H2,1-2H3;11-18,20-21H,3-10H2,1-2H3;7-8,11-14,16-18,20H,5-6,9-10,15H2,1-4H3/q4*+1. The molecule has 7 aliphatic rings. The van der Waals surface area contributed by atoms with Gasteiger partial charge in [-0.1, -0.05) is 202 Å². The molecule has 19 rings (SSSR count). The highest BCUT2D eigenvalue weighted by atomic mass is 15.0. The fourth-order valence-electron chi connectivity index (χ4n) is 22.0. The summed E-state index contributed by atoms with van der Waals surface area (Å²) >= 11 is 0. The van der Waals surface area contributed by atoms with Crippen molar-refractivity contribution in [1.29, 1.82) is 0 Å². The van der Waals surface area contributed by atoms with Gasteiger partial charge in [-0.15, -0.1) is 0 Å². The summed E-state index contributed by atoms with van der Waals surface area (Å²) in [5.74, 6) is 6.09. The van der Waals surface area contributed by atoms with Gasteiger partial charge < -0.3 is 0 Å². The Kier molecular flexibility index (Phi) is 24.2. The van der Waals surface area contributed by atoms with Crippen LogP contribution in [0.5, 0.6) is 0 Å².